The number of ether oxygens (including phenoxy) is 2. The molecule has 160 valence electrons. The molecule has 0 aromatic heterocycles. The van der Waals surface area contributed by atoms with E-state index in [1.807, 2.05) is 25.1 Å². The van der Waals surface area contributed by atoms with Crippen LogP contribution in [0, 0.1) is 5.92 Å². The molecular formula is C23H27ClN2O4. The Morgan fingerprint density at radius 3 is 2.50 bits per heavy atom. The van der Waals surface area contributed by atoms with Gasteiger partial charge in [-0.25, -0.2) is 0 Å². The summed E-state index contributed by atoms with van der Waals surface area (Å²) >= 11 is 6.25. The summed E-state index contributed by atoms with van der Waals surface area (Å²) in [4.78, 5) is 29.8. The Balaban J connectivity index is 2.00. The van der Waals surface area contributed by atoms with Gasteiger partial charge in [0.25, 0.3) is 5.91 Å². The summed E-state index contributed by atoms with van der Waals surface area (Å²) in [6.45, 7) is 3.23. The summed E-state index contributed by atoms with van der Waals surface area (Å²) in [6, 6.07) is 12.5. The van der Waals surface area contributed by atoms with Crippen LogP contribution in [0.25, 0.3) is 0 Å². The van der Waals surface area contributed by atoms with Gasteiger partial charge in [0.05, 0.1) is 30.7 Å². The van der Waals surface area contributed by atoms with E-state index in [2.05, 4.69) is 0 Å². The van der Waals surface area contributed by atoms with Gasteiger partial charge in [0.15, 0.2) is 0 Å². The molecule has 2 aromatic carbocycles. The van der Waals surface area contributed by atoms with E-state index in [1.165, 1.54) is 0 Å². The Morgan fingerprint density at radius 2 is 1.87 bits per heavy atom. The highest BCUT2D eigenvalue weighted by molar-refractivity contribution is 6.33. The Bertz CT molecular complexity index is 933. The number of carbonyl (C=O) groups excluding carboxylic acids is 2. The van der Waals surface area contributed by atoms with Crippen molar-refractivity contribution in [1.82, 2.24) is 9.80 Å². The molecule has 1 saturated heterocycles. The van der Waals surface area contributed by atoms with Crippen LogP contribution in [0.2, 0.25) is 5.02 Å². The first kappa shape index (κ1) is 22.0. The predicted octanol–water partition coefficient (Wildman–Crippen LogP) is 3.69. The minimum Gasteiger partial charge on any atom is -0.497 e. The molecule has 7 heteroatoms. The fourth-order valence-electron chi connectivity index (χ4n) is 3.91. The molecular weight excluding hydrogens is 404 g/mol. The van der Waals surface area contributed by atoms with Gasteiger partial charge in [0.2, 0.25) is 5.91 Å². The molecule has 0 bridgehead atoms. The quantitative estimate of drug-likeness (QED) is 0.701. The number of carbonyl (C=O) groups is 2. The molecule has 6 nitrogen and oxygen atoms in total. The summed E-state index contributed by atoms with van der Waals surface area (Å²) in [5, 5.41) is 0.401. The SMILES string of the molecule is CCN(C)C(=O)C1CN(C(=O)c2ccccc2Cl)CC1c1cc(OC)ccc1OC. The van der Waals surface area contributed by atoms with Gasteiger partial charge >= 0.3 is 0 Å². The van der Waals surface area contributed by atoms with Crippen molar-refractivity contribution in [3.8, 4) is 11.5 Å². The van der Waals surface area contributed by atoms with Crippen LogP contribution in [0.1, 0.15) is 28.8 Å². The highest BCUT2D eigenvalue weighted by Gasteiger charge is 2.43. The van der Waals surface area contributed by atoms with Crippen molar-refractivity contribution in [3.05, 3.63) is 58.6 Å². The van der Waals surface area contributed by atoms with Gasteiger partial charge in [0, 0.05) is 38.2 Å². The number of hydrogen-bond acceptors (Lipinski definition) is 4. The zero-order valence-electron chi connectivity index (χ0n) is 17.7. The Morgan fingerprint density at radius 1 is 1.13 bits per heavy atom. The fourth-order valence-corrected chi connectivity index (χ4v) is 4.12. The molecule has 0 N–H and O–H groups in total. The molecule has 30 heavy (non-hydrogen) atoms. The van der Waals surface area contributed by atoms with Crippen LogP contribution in [-0.2, 0) is 4.79 Å². The van der Waals surface area contributed by atoms with Crippen molar-refractivity contribution in [1.29, 1.82) is 0 Å². The Labute approximate surface area is 182 Å². The van der Waals surface area contributed by atoms with E-state index in [0.29, 0.717) is 41.7 Å². The number of nitrogens with zero attached hydrogens (tertiary/aromatic N) is 2. The lowest BCUT2D eigenvalue weighted by atomic mass is 9.87. The Hall–Kier alpha value is -2.73. The predicted molar refractivity (Wildman–Crippen MR) is 116 cm³/mol. The lowest BCUT2D eigenvalue weighted by molar-refractivity contribution is -0.133. The molecule has 0 aliphatic carbocycles. The van der Waals surface area contributed by atoms with Crippen LogP contribution in [0.15, 0.2) is 42.5 Å². The smallest absolute Gasteiger partial charge is 0.255 e. The monoisotopic (exact) mass is 430 g/mol. The zero-order chi connectivity index (χ0) is 21.8. The minimum atomic E-state index is -0.387. The lowest BCUT2D eigenvalue weighted by Crippen LogP contribution is -2.37. The van der Waals surface area contributed by atoms with E-state index < -0.39 is 0 Å². The van der Waals surface area contributed by atoms with Crippen LogP contribution in [-0.4, -0.2) is 62.5 Å². The van der Waals surface area contributed by atoms with Crippen LogP contribution in [0.4, 0.5) is 0 Å². The van der Waals surface area contributed by atoms with Gasteiger partial charge in [-0.05, 0) is 37.3 Å². The largest absolute Gasteiger partial charge is 0.497 e. The summed E-state index contributed by atoms with van der Waals surface area (Å²) in [7, 11) is 4.98. The maximum Gasteiger partial charge on any atom is 0.255 e. The van der Waals surface area contributed by atoms with Crippen LogP contribution in [0.5, 0.6) is 11.5 Å². The van der Waals surface area contributed by atoms with Crippen molar-refractivity contribution in [2.24, 2.45) is 5.92 Å². The van der Waals surface area contributed by atoms with Crippen molar-refractivity contribution < 1.29 is 19.1 Å². The third kappa shape index (κ3) is 4.24. The van der Waals surface area contributed by atoms with Gasteiger partial charge in [-0.15, -0.1) is 0 Å². The third-order valence-corrected chi connectivity index (χ3v) is 6.05. The van der Waals surface area contributed by atoms with Gasteiger partial charge < -0.3 is 19.3 Å². The van der Waals surface area contributed by atoms with E-state index in [4.69, 9.17) is 21.1 Å². The standard InChI is InChI=1S/C23H27ClN2O4/c1-5-25(2)22(27)19-14-26(23(28)16-8-6-7-9-20(16)24)13-18(19)17-12-15(29-3)10-11-21(17)30-4/h6-12,18-19H,5,13-14H2,1-4H3. The average molecular weight is 431 g/mol. The van der Waals surface area contributed by atoms with Crippen molar-refractivity contribution >= 4 is 23.4 Å². The van der Waals surface area contributed by atoms with Crippen molar-refractivity contribution in [2.75, 3.05) is 40.9 Å². The average Bonchev–Trinajstić information content (AvgIpc) is 3.22. The molecule has 3 rings (SSSR count). The number of likely N-dealkylation sites (tertiary alicyclic amines) is 1. The molecule has 1 fully saturated rings. The first-order valence-electron chi connectivity index (χ1n) is 9.91. The summed E-state index contributed by atoms with van der Waals surface area (Å²) in [5.74, 6) is 0.565. The zero-order valence-corrected chi connectivity index (χ0v) is 18.5. The van der Waals surface area contributed by atoms with E-state index in [-0.39, 0.29) is 23.7 Å². The number of methoxy groups -OCH3 is 2. The first-order chi connectivity index (χ1) is 14.4. The lowest BCUT2D eigenvalue weighted by Gasteiger charge is -2.24. The Kier molecular flexibility index (Phi) is 6.87. The fraction of sp³-hybridized carbons (Fsp3) is 0.391. The molecule has 2 atom stereocenters. The topological polar surface area (TPSA) is 59.1 Å². The molecule has 2 amide bonds. The molecule has 1 aliphatic heterocycles. The molecule has 1 aliphatic rings. The van der Waals surface area contributed by atoms with Gasteiger partial charge in [-0.2, -0.15) is 0 Å². The number of hydrogen-bond donors (Lipinski definition) is 0. The van der Waals surface area contributed by atoms with Gasteiger partial charge in [-0.3, -0.25) is 9.59 Å². The van der Waals surface area contributed by atoms with E-state index in [0.717, 1.165) is 5.56 Å². The van der Waals surface area contributed by atoms with E-state index >= 15 is 0 Å². The number of benzene rings is 2. The molecule has 0 spiro atoms. The second-order valence-corrected chi connectivity index (χ2v) is 7.77. The molecule has 2 unspecified atom stereocenters. The molecule has 1 heterocycles. The van der Waals surface area contributed by atoms with Crippen molar-refractivity contribution in [3.63, 3.8) is 0 Å². The summed E-state index contributed by atoms with van der Waals surface area (Å²) in [6.07, 6.45) is 0. The summed E-state index contributed by atoms with van der Waals surface area (Å²) < 4.78 is 11.0. The van der Waals surface area contributed by atoms with Crippen LogP contribution >= 0.6 is 11.6 Å². The van der Waals surface area contributed by atoms with Crippen molar-refractivity contribution in [2.45, 2.75) is 12.8 Å². The van der Waals surface area contributed by atoms with Gasteiger partial charge in [0.1, 0.15) is 11.5 Å². The second-order valence-electron chi connectivity index (χ2n) is 7.36. The number of halogens is 1. The highest BCUT2D eigenvalue weighted by Crippen LogP contribution is 2.40. The summed E-state index contributed by atoms with van der Waals surface area (Å²) in [5.41, 5.74) is 1.29. The van der Waals surface area contributed by atoms with E-state index in [1.54, 1.807) is 55.3 Å². The number of rotatable bonds is 6. The molecule has 0 saturated carbocycles. The number of amides is 2. The first-order valence-corrected chi connectivity index (χ1v) is 10.3. The van der Waals surface area contributed by atoms with Crippen LogP contribution < -0.4 is 9.47 Å². The highest BCUT2D eigenvalue weighted by atomic mass is 35.5. The normalized spacial score (nSPS) is 18.2. The maximum atomic E-state index is 13.2. The van der Waals surface area contributed by atoms with E-state index in [9.17, 15) is 9.59 Å². The van der Waals surface area contributed by atoms with Gasteiger partial charge in [-0.1, -0.05) is 23.7 Å². The molecule has 2 aromatic rings. The third-order valence-electron chi connectivity index (χ3n) is 5.72. The maximum absolute atomic E-state index is 13.2. The second kappa shape index (κ2) is 9.39. The molecule has 0 radical (unpaired) electrons. The minimum absolute atomic E-state index is 0.00170. The van der Waals surface area contributed by atoms with Crippen LogP contribution in [0.3, 0.4) is 0 Å².